The summed E-state index contributed by atoms with van der Waals surface area (Å²) < 4.78 is 0. The number of carbonyl (C=O) groups excluding carboxylic acids is 2. The average molecular weight is 430 g/mol. The van der Waals surface area contributed by atoms with Crippen LogP contribution in [0, 0.1) is 12.8 Å². The molecule has 32 heavy (non-hydrogen) atoms. The molecule has 0 saturated carbocycles. The number of nitrogens with one attached hydrogen (secondary N) is 1. The number of para-hydroxylation sites is 1. The molecule has 3 heterocycles. The van der Waals surface area contributed by atoms with Crippen LogP contribution in [-0.4, -0.2) is 46.2 Å². The van der Waals surface area contributed by atoms with Gasteiger partial charge in [0.15, 0.2) is 5.54 Å². The number of aromatic nitrogens is 1. The number of hydrogen-bond acceptors (Lipinski definition) is 2. The van der Waals surface area contributed by atoms with Crippen molar-refractivity contribution < 1.29 is 9.59 Å². The van der Waals surface area contributed by atoms with Crippen LogP contribution in [0.25, 0.3) is 10.9 Å². The molecular weight excluding hydrogens is 398 g/mol. The maximum absolute atomic E-state index is 13.9. The SMILES string of the molecule is Cc1ccc(C2CN3C(=O)CN(CCC(C)C)C(=O)C3(C)c3[nH]c4ccccc4c32)cc1. The average Bonchev–Trinajstić information content (AvgIpc) is 3.17. The molecule has 1 N–H and O–H groups in total. The maximum Gasteiger partial charge on any atom is 0.254 e. The number of hydrogen-bond donors (Lipinski definition) is 1. The van der Waals surface area contributed by atoms with Crippen molar-refractivity contribution in [2.45, 2.75) is 45.6 Å². The fourth-order valence-electron chi connectivity index (χ4n) is 5.37. The summed E-state index contributed by atoms with van der Waals surface area (Å²) in [5.41, 5.74) is 4.39. The summed E-state index contributed by atoms with van der Waals surface area (Å²) in [6, 6.07) is 16.8. The van der Waals surface area contributed by atoms with Gasteiger partial charge in [-0.15, -0.1) is 0 Å². The third-order valence-corrected chi connectivity index (χ3v) is 7.27. The minimum atomic E-state index is -1.01. The second-order valence-electron chi connectivity index (χ2n) is 9.91. The van der Waals surface area contributed by atoms with Crippen LogP contribution in [0.5, 0.6) is 0 Å². The number of amides is 2. The first kappa shape index (κ1) is 20.8. The number of fused-ring (bicyclic) bond motifs is 5. The van der Waals surface area contributed by atoms with Crippen LogP contribution >= 0.6 is 0 Å². The van der Waals surface area contributed by atoms with Crippen molar-refractivity contribution >= 4 is 22.7 Å². The van der Waals surface area contributed by atoms with Gasteiger partial charge in [0.2, 0.25) is 5.91 Å². The molecular formula is C27H31N3O2. The maximum atomic E-state index is 13.9. The van der Waals surface area contributed by atoms with Gasteiger partial charge in [-0.1, -0.05) is 61.9 Å². The van der Waals surface area contributed by atoms with Crippen molar-refractivity contribution in [3.05, 3.63) is 70.9 Å². The van der Waals surface area contributed by atoms with Crippen molar-refractivity contribution in [1.82, 2.24) is 14.8 Å². The van der Waals surface area contributed by atoms with Crippen LogP contribution in [0.4, 0.5) is 0 Å². The first-order valence-electron chi connectivity index (χ1n) is 11.6. The Kier molecular flexibility index (Phi) is 4.88. The molecule has 3 aromatic rings. The molecule has 2 amide bonds. The number of H-pyrrole nitrogens is 1. The predicted molar refractivity (Wildman–Crippen MR) is 126 cm³/mol. The topological polar surface area (TPSA) is 56.4 Å². The zero-order chi connectivity index (χ0) is 22.6. The summed E-state index contributed by atoms with van der Waals surface area (Å²) in [5.74, 6) is 0.545. The minimum Gasteiger partial charge on any atom is -0.356 e. The Hall–Kier alpha value is -3.08. The number of aryl methyl sites for hydroxylation is 1. The predicted octanol–water partition coefficient (Wildman–Crippen LogP) is 4.55. The van der Waals surface area contributed by atoms with Gasteiger partial charge in [-0.05, 0) is 43.4 Å². The van der Waals surface area contributed by atoms with Gasteiger partial charge in [0.25, 0.3) is 5.91 Å². The Morgan fingerprint density at radius 3 is 2.53 bits per heavy atom. The van der Waals surface area contributed by atoms with Crippen molar-refractivity contribution in [1.29, 1.82) is 0 Å². The number of rotatable bonds is 4. The highest BCUT2D eigenvalue weighted by atomic mass is 16.2. The van der Waals surface area contributed by atoms with E-state index in [9.17, 15) is 9.59 Å². The number of piperazine rings is 1. The highest BCUT2D eigenvalue weighted by molar-refractivity contribution is 6.01. The van der Waals surface area contributed by atoms with E-state index < -0.39 is 5.54 Å². The fraction of sp³-hybridized carbons (Fsp3) is 0.407. The lowest BCUT2D eigenvalue weighted by Gasteiger charge is -2.51. The number of benzene rings is 2. The van der Waals surface area contributed by atoms with E-state index in [0.29, 0.717) is 19.0 Å². The molecule has 5 heteroatoms. The van der Waals surface area contributed by atoms with Gasteiger partial charge in [0, 0.05) is 29.9 Å². The zero-order valence-corrected chi connectivity index (χ0v) is 19.3. The van der Waals surface area contributed by atoms with Gasteiger partial charge in [-0.3, -0.25) is 9.59 Å². The molecule has 0 aliphatic carbocycles. The first-order valence-corrected chi connectivity index (χ1v) is 11.6. The molecule has 1 saturated heterocycles. The van der Waals surface area contributed by atoms with E-state index in [1.165, 1.54) is 11.1 Å². The Bertz CT molecular complexity index is 1190. The minimum absolute atomic E-state index is 0.0212. The zero-order valence-electron chi connectivity index (χ0n) is 19.3. The Morgan fingerprint density at radius 1 is 1.09 bits per heavy atom. The lowest BCUT2D eigenvalue weighted by Crippen LogP contribution is -2.67. The lowest BCUT2D eigenvalue weighted by atomic mass is 9.76. The van der Waals surface area contributed by atoms with E-state index in [-0.39, 0.29) is 24.3 Å². The molecule has 5 nitrogen and oxygen atoms in total. The van der Waals surface area contributed by atoms with Crippen LogP contribution in [-0.2, 0) is 15.1 Å². The van der Waals surface area contributed by atoms with Crippen molar-refractivity contribution in [3.63, 3.8) is 0 Å². The third-order valence-electron chi connectivity index (χ3n) is 7.27. The summed E-state index contributed by atoms with van der Waals surface area (Å²) >= 11 is 0. The van der Waals surface area contributed by atoms with E-state index >= 15 is 0 Å². The van der Waals surface area contributed by atoms with Crippen molar-refractivity contribution in [2.24, 2.45) is 5.92 Å². The molecule has 2 atom stereocenters. The summed E-state index contributed by atoms with van der Waals surface area (Å²) in [5, 5.41) is 1.13. The smallest absolute Gasteiger partial charge is 0.254 e. The molecule has 166 valence electrons. The van der Waals surface area contributed by atoms with Crippen molar-refractivity contribution in [2.75, 3.05) is 19.6 Å². The molecule has 0 bridgehead atoms. The fourth-order valence-corrected chi connectivity index (χ4v) is 5.37. The molecule has 2 aliphatic heterocycles. The summed E-state index contributed by atoms with van der Waals surface area (Å²) in [4.78, 5) is 34.4. The van der Waals surface area contributed by atoms with Gasteiger partial charge in [-0.2, -0.15) is 0 Å². The Morgan fingerprint density at radius 2 is 1.81 bits per heavy atom. The van der Waals surface area contributed by atoms with Gasteiger partial charge in [0.1, 0.15) is 0 Å². The molecule has 5 rings (SSSR count). The molecule has 0 radical (unpaired) electrons. The quantitative estimate of drug-likeness (QED) is 0.661. The first-order chi connectivity index (χ1) is 15.3. The normalized spacial score (nSPS) is 23.1. The lowest BCUT2D eigenvalue weighted by molar-refractivity contribution is -0.166. The molecule has 2 aliphatic rings. The van der Waals surface area contributed by atoms with Crippen LogP contribution in [0.1, 0.15) is 55.5 Å². The second-order valence-corrected chi connectivity index (χ2v) is 9.91. The second kappa shape index (κ2) is 7.51. The van der Waals surface area contributed by atoms with Crippen LogP contribution in [0.3, 0.4) is 0 Å². The van der Waals surface area contributed by atoms with Crippen LogP contribution in [0.2, 0.25) is 0 Å². The van der Waals surface area contributed by atoms with E-state index in [1.807, 2.05) is 24.0 Å². The molecule has 0 spiro atoms. The Balaban J connectivity index is 1.69. The van der Waals surface area contributed by atoms with Gasteiger partial charge >= 0.3 is 0 Å². The third kappa shape index (κ3) is 3.06. The Labute approximate surface area is 189 Å². The molecule has 1 fully saturated rings. The van der Waals surface area contributed by atoms with E-state index in [1.54, 1.807) is 4.90 Å². The van der Waals surface area contributed by atoms with E-state index in [4.69, 9.17) is 0 Å². The standard InChI is InChI=1S/C27H31N3O2/c1-17(2)13-14-29-16-23(31)30-15-21(19-11-9-18(3)10-12-19)24-20-7-5-6-8-22(20)28-25(24)27(30,4)26(29)32/h5-12,17,21,28H,13-16H2,1-4H3. The van der Waals surface area contributed by atoms with E-state index in [0.717, 1.165) is 28.6 Å². The van der Waals surface area contributed by atoms with Crippen LogP contribution in [0.15, 0.2) is 48.5 Å². The van der Waals surface area contributed by atoms with E-state index in [2.05, 4.69) is 62.2 Å². The molecule has 2 aromatic carbocycles. The highest BCUT2D eigenvalue weighted by Gasteiger charge is 2.56. The monoisotopic (exact) mass is 429 g/mol. The molecule has 2 unspecified atom stereocenters. The number of carbonyl (C=O) groups is 2. The molecule has 1 aromatic heterocycles. The van der Waals surface area contributed by atoms with Gasteiger partial charge in [0.05, 0.1) is 12.2 Å². The highest BCUT2D eigenvalue weighted by Crippen LogP contribution is 2.48. The summed E-state index contributed by atoms with van der Waals surface area (Å²) in [6.07, 6.45) is 0.890. The summed E-state index contributed by atoms with van der Waals surface area (Å²) in [7, 11) is 0. The largest absolute Gasteiger partial charge is 0.356 e. The van der Waals surface area contributed by atoms with Crippen LogP contribution < -0.4 is 0 Å². The summed E-state index contributed by atoms with van der Waals surface area (Å²) in [6.45, 7) is 9.59. The van der Waals surface area contributed by atoms with Gasteiger partial charge < -0.3 is 14.8 Å². The number of aromatic amines is 1. The van der Waals surface area contributed by atoms with Gasteiger partial charge in [-0.25, -0.2) is 0 Å². The van der Waals surface area contributed by atoms with Crippen molar-refractivity contribution in [3.8, 4) is 0 Å². The number of nitrogens with zero attached hydrogens (tertiary/aromatic N) is 2.